The Morgan fingerprint density at radius 3 is 2.55 bits per heavy atom. The lowest BCUT2D eigenvalue weighted by atomic mass is 9.97. The van der Waals surface area contributed by atoms with Crippen molar-refractivity contribution in [2.45, 2.75) is 37.1 Å². The molecule has 1 fully saturated rings. The first-order valence-corrected chi connectivity index (χ1v) is 11.4. The molecule has 0 bridgehead atoms. The molecule has 29 heavy (non-hydrogen) atoms. The number of hydrogen-bond acceptors (Lipinski definition) is 4. The first kappa shape index (κ1) is 19.9. The first-order valence-electron chi connectivity index (χ1n) is 9.97. The Labute approximate surface area is 172 Å². The Morgan fingerprint density at radius 1 is 1.10 bits per heavy atom. The maximum absolute atomic E-state index is 13.4. The summed E-state index contributed by atoms with van der Waals surface area (Å²) in [4.78, 5) is 15.4. The van der Waals surface area contributed by atoms with Gasteiger partial charge in [-0.15, -0.1) is 0 Å². The average molecular weight is 415 g/mol. The average Bonchev–Trinajstić information content (AvgIpc) is 3.09. The van der Waals surface area contributed by atoms with Crippen molar-refractivity contribution >= 4 is 21.6 Å². The number of fused-ring (bicyclic) bond motifs is 1. The number of carbonyl (C=O) groups excluding carboxylic acids is 1. The molecule has 0 radical (unpaired) electrons. The second kappa shape index (κ2) is 7.80. The number of ether oxygens (including phenoxy) is 1. The summed E-state index contributed by atoms with van der Waals surface area (Å²) in [6.07, 6.45) is 2.22. The zero-order chi connectivity index (χ0) is 20.6. The Balaban J connectivity index is 1.54. The quantitative estimate of drug-likeness (QED) is 0.771. The summed E-state index contributed by atoms with van der Waals surface area (Å²) in [5.41, 5.74) is 2.13. The fraction of sp³-hybridized carbons (Fsp3) is 0.409. The van der Waals surface area contributed by atoms with Gasteiger partial charge in [0, 0.05) is 24.8 Å². The molecule has 7 heteroatoms. The van der Waals surface area contributed by atoms with Gasteiger partial charge in [-0.25, -0.2) is 8.42 Å². The van der Waals surface area contributed by atoms with Gasteiger partial charge in [-0.05, 0) is 62.1 Å². The highest BCUT2D eigenvalue weighted by Crippen LogP contribution is 2.35. The van der Waals surface area contributed by atoms with E-state index in [1.54, 1.807) is 31.4 Å². The number of piperidine rings is 1. The SMILES string of the molecule is COc1ccc(S(=O)(=O)N2CCC[C@@H](C(=O)N3c4ccccc4C[C@@H]3C)C2)cc1. The summed E-state index contributed by atoms with van der Waals surface area (Å²) < 4.78 is 32.8. The molecule has 4 rings (SSSR count). The van der Waals surface area contributed by atoms with E-state index in [4.69, 9.17) is 4.74 Å². The van der Waals surface area contributed by atoms with Crippen LogP contribution in [0.15, 0.2) is 53.4 Å². The molecule has 0 unspecified atom stereocenters. The van der Waals surface area contributed by atoms with E-state index in [9.17, 15) is 13.2 Å². The van der Waals surface area contributed by atoms with Crippen LogP contribution in [0.1, 0.15) is 25.3 Å². The lowest BCUT2D eigenvalue weighted by Crippen LogP contribution is -2.48. The molecule has 1 amide bonds. The number of methoxy groups -OCH3 is 1. The van der Waals surface area contributed by atoms with E-state index < -0.39 is 10.0 Å². The normalized spacial score (nSPS) is 22.3. The highest BCUT2D eigenvalue weighted by Gasteiger charge is 2.39. The van der Waals surface area contributed by atoms with Crippen molar-refractivity contribution < 1.29 is 17.9 Å². The van der Waals surface area contributed by atoms with E-state index in [0.29, 0.717) is 25.1 Å². The second-order valence-corrected chi connectivity index (χ2v) is 9.71. The Bertz CT molecular complexity index is 1000. The van der Waals surface area contributed by atoms with E-state index in [2.05, 4.69) is 6.07 Å². The molecular formula is C22H26N2O4S. The van der Waals surface area contributed by atoms with Gasteiger partial charge in [0.05, 0.1) is 17.9 Å². The number of nitrogens with zero attached hydrogens (tertiary/aromatic N) is 2. The molecule has 6 nitrogen and oxygen atoms in total. The number of hydrogen-bond donors (Lipinski definition) is 0. The van der Waals surface area contributed by atoms with Crippen LogP contribution in [0, 0.1) is 5.92 Å². The number of sulfonamides is 1. The molecular weight excluding hydrogens is 388 g/mol. The van der Waals surface area contributed by atoms with E-state index in [-0.39, 0.29) is 29.3 Å². The van der Waals surface area contributed by atoms with Crippen molar-refractivity contribution in [3.8, 4) is 5.75 Å². The molecule has 2 aliphatic heterocycles. The van der Waals surface area contributed by atoms with E-state index >= 15 is 0 Å². The van der Waals surface area contributed by atoms with Crippen molar-refractivity contribution in [1.29, 1.82) is 0 Å². The zero-order valence-electron chi connectivity index (χ0n) is 16.7. The van der Waals surface area contributed by atoms with Crippen LogP contribution in [0.3, 0.4) is 0 Å². The minimum absolute atomic E-state index is 0.0251. The Kier molecular flexibility index (Phi) is 5.36. The third kappa shape index (κ3) is 3.65. The van der Waals surface area contributed by atoms with Crippen LogP contribution in [-0.4, -0.2) is 44.9 Å². The maximum atomic E-state index is 13.4. The van der Waals surface area contributed by atoms with E-state index in [1.807, 2.05) is 30.0 Å². The molecule has 2 aromatic carbocycles. The minimum Gasteiger partial charge on any atom is -0.497 e. The molecule has 0 aromatic heterocycles. The van der Waals surface area contributed by atoms with Gasteiger partial charge in [0.25, 0.3) is 0 Å². The molecule has 1 saturated heterocycles. The number of anilines is 1. The van der Waals surface area contributed by atoms with Gasteiger partial charge in [-0.2, -0.15) is 4.31 Å². The number of amides is 1. The van der Waals surface area contributed by atoms with Gasteiger partial charge in [0.2, 0.25) is 15.9 Å². The molecule has 2 heterocycles. The monoisotopic (exact) mass is 414 g/mol. The van der Waals surface area contributed by atoms with Crippen LogP contribution in [0.4, 0.5) is 5.69 Å². The van der Waals surface area contributed by atoms with Crippen molar-refractivity contribution in [3.05, 3.63) is 54.1 Å². The fourth-order valence-corrected chi connectivity index (χ4v) is 5.88. The number of rotatable bonds is 4. The second-order valence-electron chi connectivity index (χ2n) is 7.77. The molecule has 2 aliphatic rings. The number of para-hydroxylation sites is 1. The van der Waals surface area contributed by atoms with Gasteiger partial charge in [-0.1, -0.05) is 18.2 Å². The summed E-state index contributed by atoms with van der Waals surface area (Å²) in [5.74, 6) is 0.305. The third-order valence-corrected chi connectivity index (χ3v) is 7.75. The first-order chi connectivity index (χ1) is 13.9. The molecule has 0 aliphatic carbocycles. The largest absolute Gasteiger partial charge is 0.497 e. The highest BCUT2D eigenvalue weighted by molar-refractivity contribution is 7.89. The summed E-state index contributed by atoms with van der Waals surface area (Å²) in [7, 11) is -2.10. The van der Waals surface area contributed by atoms with Crippen LogP contribution in [0.25, 0.3) is 0 Å². The standard InChI is InChI=1S/C22H26N2O4S/c1-16-14-17-6-3-4-8-21(17)24(16)22(25)18-7-5-13-23(15-18)29(26,27)20-11-9-19(28-2)10-12-20/h3-4,6,8-12,16,18H,5,7,13-15H2,1-2H3/t16-,18+/m0/s1. The van der Waals surface area contributed by atoms with Crippen LogP contribution >= 0.6 is 0 Å². The minimum atomic E-state index is -3.64. The topological polar surface area (TPSA) is 66.9 Å². The summed E-state index contributed by atoms with van der Waals surface area (Å²) in [6.45, 7) is 2.70. The van der Waals surface area contributed by atoms with Gasteiger partial charge < -0.3 is 9.64 Å². The molecule has 0 N–H and O–H groups in total. The Morgan fingerprint density at radius 2 is 1.83 bits per heavy atom. The zero-order valence-corrected chi connectivity index (χ0v) is 17.6. The summed E-state index contributed by atoms with van der Waals surface area (Å²) in [6, 6.07) is 14.4. The van der Waals surface area contributed by atoms with Crippen LogP contribution in [0.5, 0.6) is 5.75 Å². The summed E-state index contributed by atoms with van der Waals surface area (Å²) >= 11 is 0. The van der Waals surface area contributed by atoms with Gasteiger partial charge in [0.15, 0.2) is 0 Å². The van der Waals surface area contributed by atoms with Gasteiger partial charge in [-0.3, -0.25) is 4.79 Å². The van der Waals surface area contributed by atoms with E-state index in [1.165, 1.54) is 9.87 Å². The predicted octanol–water partition coefficient (Wildman–Crippen LogP) is 3.07. The lowest BCUT2D eigenvalue weighted by molar-refractivity contribution is -0.123. The molecule has 0 spiro atoms. The van der Waals surface area contributed by atoms with Gasteiger partial charge in [0.1, 0.15) is 5.75 Å². The maximum Gasteiger partial charge on any atom is 0.243 e. The van der Waals surface area contributed by atoms with Crippen molar-refractivity contribution in [2.75, 3.05) is 25.1 Å². The fourth-order valence-electron chi connectivity index (χ4n) is 4.36. The molecule has 0 saturated carbocycles. The highest BCUT2D eigenvalue weighted by atomic mass is 32.2. The van der Waals surface area contributed by atoms with Crippen molar-refractivity contribution in [1.82, 2.24) is 4.31 Å². The Hall–Kier alpha value is -2.38. The van der Waals surface area contributed by atoms with Crippen molar-refractivity contribution in [2.24, 2.45) is 5.92 Å². The summed E-state index contributed by atoms with van der Waals surface area (Å²) in [5, 5.41) is 0. The van der Waals surface area contributed by atoms with E-state index in [0.717, 1.165) is 12.1 Å². The van der Waals surface area contributed by atoms with Crippen LogP contribution < -0.4 is 9.64 Å². The van der Waals surface area contributed by atoms with Crippen molar-refractivity contribution in [3.63, 3.8) is 0 Å². The lowest BCUT2D eigenvalue weighted by Gasteiger charge is -2.34. The number of benzene rings is 2. The number of carbonyl (C=O) groups is 1. The molecule has 2 atom stereocenters. The third-order valence-electron chi connectivity index (χ3n) is 5.88. The van der Waals surface area contributed by atoms with Crippen LogP contribution in [-0.2, 0) is 21.2 Å². The molecule has 2 aromatic rings. The smallest absolute Gasteiger partial charge is 0.243 e. The predicted molar refractivity (Wildman–Crippen MR) is 112 cm³/mol. The van der Waals surface area contributed by atoms with Crippen LogP contribution in [0.2, 0.25) is 0 Å². The van der Waals surface area contributed by atoms with Gasteiger partial charge >= 0.3 is 0 Å². The molecule has 154 valence electrons.